The minimum absolute atomic E-state index is 0.0674. The molecule has 0 bridgehead atoms. The molecule has 0 amide bonds. The Hall–Kier alpha value is -0.160. The quantitative estimate of drug-likeness (QED) is 0.843. The van der Waals surface area contributed by atoms with E-state index in [9.17, 15) is 5.11 Å². The minimum atomic E-state index is -0.396. The van der Waals surface area contributed by atoms with Crippen LogP contribution in [0.5, 0.6) is 0 Å². The molecule has 2 nitrogen and oxygen atoms in total. The summed E-state index contributed by atoms with van der Waals surface area (Å²) in [6.07, 6.45) is 4.50. The minimum Gasteiger partial charge on any atom is -0.396 e. The second kappa shape index (κ2) is 7.58. The molecule has 0 aliphatic carbocycles. The molecular formula is C15H22O2S2. The van der Waals surface area contributed by atoms with Crippen LogP contribution in [-0.4, -0.2) is 32.8 Å². The summed E-state index contributed by atoms with van der Waals surface area (Å²) in [5.74, 6) is 1.17. The van der Waals surface area contributed by atoms with Crippen LogP contribution in [0.25, 0.3) is 0 Å². The van der Waals surface area contributed by atoms with Gasteiger partial charge in [-0.25, -0.2) is 0 Å². The average Bonchev–Trinajstić information content (AvgIpc) is 2.40. The van der Waals surface area contributed by atoms with Crippen LogP contribution in [-0.2, 0) is 0 Å². The summed E-state index contributed by atoms with van der Waals surface area (Å²) in [6.45, 7) is 0.0674. The van der Waals surface area contributed by atoms with E-state index in [2.05, 4.69) is 24.3 Å². The van der Waals surface area contributed by atoms with Crippen molar-refractivity contribution >= 4 is 23.5 Å². The molecule has 1 heterocycles. The molecule has 0 unspecified atom stereocenters. The number of rotatable bonds is 6. The SMILES string of the molecule is OCC[C@H](O)C[C@@]1(Sc2ccccc2)CCCCS1. The van der Waals surface area contributed by atoms with Crippen molar-refractivity contribution in [1.82, 2.24) is 0 Å². The molecule has 106 valence electrons. The molecule has 1 aliphatic rings. The van der Waals surface area contributed by atoms with E-state index in [0.29, 0.717) is 6.42 Å². The van der Waals surface area contributed by atoms with E-state index < -0.39 is 6.10 Å². The van der Waals surface area contributed by atoms with Crippen molar-refractivity contribution in [3.63, 3.8) is 0 Å². The van der Waals surface area contributed by atoms with E-state index in [0.717, 1.165) is 12.8 Å². The molecule has 19 heavy (non-hydrogen) atoms. The van der Waals surface area contributed by atoms with Crippen molar-refractivity contribution in [2.24, 2.45) is 0 Å². The molecule has 2 N–H and O–H groups in total. The topological polar surface area (TPSA) is 40.5 Å². The highest BCUT2D eigenvalue weighted by atomic mass is 32.2. The fourth-order valence-corrected chi connectivity index (χ4v) is 5.76. The van der Waals surface area contributed by atoms with Gasteiger partial charge in [-0.05, 0) is 43.6 Å². The first-order valence-electron chi connectivity index (χ1n) is 6.91. The van der Waals surface area contributed by atoms with Gasteiger partial charge in [0, 0.05) is 11.5 Å². The van der Waals surface area contributed by atoms with E-state index in [-0.39, 0.29) is 10.7 Å². The Morgan fingerprint density at radius 3 is 2.68 bits per heavy atom. The zero-order valence-corrected chi connectivity index (χ0v) is 12.8. The number of hydrogen-bond acceptors (Lipinski definition) is 4. The van der Waals surface area contributed by atoms with Gasteiger partial charge in [0.25, 0.3) is 0 Å². The zero-order valence-electron chi connectivity index (χ0n) is 11.1. The third kappa shape index (κ3) is 4.71. The Morgan fingerprint density at radius 1 is 1.26 bits per heavy atom. The maximum atomic E-state index is 10.1. The molecule has 0 saturated carbocycles. The number of hydrogen-bond donors (Lipinski definition) is 2. The smallest absolute Gasteiger partial charge is 0.0682 e. The molecular weight excluding hydrogens is 276 g/mol. The molecule has 1 aromatic carbocycles. The highest BCUT2D eigenvalue weighted by Gasteiger charge is 2.35. The lowest BCUT2D eigenvalue weighted by Crippen LogP contribution is -2.30. The molecule has 1 aromatic rings. The van der Waals surface area contributed by atoms with Crippen molar-refractivity contribution in [1.29, 1.82) is 0 Å². The van der Waals surface area contributed by atoms with E-state index in [1.165, 1.54) is 23.5 Å². The van der Waals surface area contributed by atoms with Gasteiger partial charge in [0.2, 0.25) is 0 Å². The third-order valence-corrected chi connectivity index (χ3v) is 6.62. The molecule has 4 heteroatoms. The predicted molar refractivity (Wildman–Crippen MR) is 83.7 cm³/mol. The first-order chi connectivity index (χ1) is 9.24. The van der Waals surface area contributed by atoms with Crippen LogP contribution in [0, 0.1) is 0 Å². The van der Waals surface area contributed by atoms with Gasteiger partial charge < -0.3 is 10.2 Å². The maximum Gasteiger partial charge on any atom is 0.0682 e. The molecule has 2 rings (SSSR count). The Bertz CT molecular complexity index is 364. The van der Waals surface area contributed by atoms with Crippen LogP contribution < -0.4 is 0 Å². The maximum absolute atomic E-state index is 10.1. The van der Waals surface area contributed by atoms with Gasteiger partial charge in [0.05, 0.1) is 10.2 Å². The number of thioether (sulfide) groups is 2. The fourth-order valence-electron chi connectivity index (χ4n) is 2.42. The van der Waals surface area contributed by atoms with E-state index >= 15 is 0 Å². The Morgan fingerprint density at radius 2 is 2.05 bits per heavy atom. The van der Waals surface area contributed by atoms with Crippen molar-refractivity contribution < 1.29 is 10.2 Å². The van der Waals surface area contributed by atoms with E-state index in [1.54, 1.807) is 0 Å². The summed E-state index contributed by atoms with van der Waals surface area (Å²) in [7, 11) is 0. The predicted octanol–water partition coefficient (Wildman–Crippen LogP) is 3.53. The van der Waals surface area contributed by atoms with Crippen LogP contribution in [0.1, 0.15) is 32.1 Å². The summed E-state index contributed by atoms with van der Waals surface area (Å²) in [5.41, 5.74) is 0. The molecule has 1 saturated heterocycles. The third-order valence-electron chi connectivity index (χ3n) is 3.37. The molecule has 1 fully saturated rings. The average molecular weight is 298 g/mol. The first-order valence-corrected chi connectivity index (χ1v) is 8.71. The van der Waals surface area contributed by atoms with Gasteiger partial charge in [-0.15, -0.1) is 23.5 Å². The van der Waals surface area contributed by atoms with Gasteiger partial charge in [0.1, 0.15) is 0 Å². The van der Waals surface area contributed by atoms with Crippen LogP contribution in [0.3, 0.4) is 0 Å². The lowest BCUT2D eigenvalue weighted by Gasteiger charge is -2.37. The summed E-state index contributed by atoms with van der Waals surface area (Å²) in [5, 5.41) is 19.0. The van der Waals surface area contributed by atoms with Crippen molar-refractivity contribution in [2.45, 2.75) is 47.2 Å². The lowest BCUT2D eigenvalue weighted by molar-refractivity contribution is 0.121. The summed E-state index contributed by atoms with van der Waals surface area (Å²) in [4.78, 5) is 1.27. The van der Waals surface area contributed by atoms with Gasteiger partial charge >= 0.3 is 0 Å². The second-order valence-electron chi connectivity index (χ2n) is 5.00. The van der Waals surface area contributed by atoms with Crippen LogP contribution in [0.4, 0.5) is 0 Å². The number of benzene rings is 1. The van der Waals surface area contributed by atoms with Gasteiger partial charge in [-0.1, -0.05) is 24.6 Å². The highest BCUT2D eigenvalue weighted by molar-refractivity contribution is 8.18. The molecule has 0 spiro atoms. The lowest BCUT2D eigenvalue weighted by atomic mass is 10.1. The molecule has 0 radical (unpaired) electrons. The zero-order chi connectivity index (χ0) is 13.6. The number of aliphatic hydroxyl groups excluding tert-OH is 2. The molecule has 2 atom stereocenters. The Kier molecular flexibility index (Phi) is 6.07. The van der Waals surface area contributed by atoms with Crippen molar-refractivity contribution in [2.75, 3.05) is 12.4 Å². The van der Waals surface area contributed by atoms with E-state index in [4.69, 9.17) is 5.11 Å². The Labute approximate surface area is 124 Å². The molecule has 1 aliphatic heterocycles. The van der Waals surface area contributed by atoms with Crippen molar-refractivity contribution in [3.05, 3.63) is 30.3 Å². The normalized spacial score (nSPS) is 25.2. The number of aliphatic hydroxyl groups is 2. The Balaban J connectivity index is 2.05. The second-order valence-corrected chi connectivity index (χ2v) is 8.20. The highest BCUT2D eigenvalue weighted by Crippen LogP contribution is 2.51. The van der Waals surface area contributed by atoms with Crippen LogP contribution in [0.15, 0.2) is 35.2 Å². The van der Waals surface area contributed by atoms with Crippen molar-refractivity contribution in [3.8, 4) is 0 Å². The fraction of sp³-hybridized carbons (Fsp3) is 0.600. The monoisotopic (exact) mass is 298 g/mol. The summed E-state index contributed by atoms with van der Waals surface area (Å²) in [6, 6.07) is 10.4. The van der Waals surface area contributed by atoms with Gasteiger partial charge in [-0.2, -0.15) is 0 Å². The standard InChI is InChI=1S/C15H22O2S2/c16-10-8-13(17)12-15(9-4-5-11-18-15)19-14-6-2-1-3-7-14/h1-3,6-7,13,16-17H,4-5,8-12H2/t13-,15-/m0/s1. The van der Waals surface area contributed by atoms with Gasteiger partial charge in [-0.3, -0.25) is 0 Å². The van der Waals surface area contributed by atoms with Gasteiger partial charge in [0.15, 0.2) is 0 Å². The largest absolute Gasteiger partial charge is 0.396 e. The van der Waals surface area contributed by atoms with E-state index in [1.807, 2.05) is 29.6 Å². The summed E-state index contributed by atoms with van der Waals surface area (Å²) < 4.78 is 0.0776. The molecule has 0 aromatic heterocycles. The summed E-state index contributed by atoms with van der Waals surface area (Å²) >= 11 is 3.87. The van der Waals surface area contributed by atoms with Crippen LogP contribution >= 0.6 is 23.5 Å². The first kappa shape index (κ1) is 15.2. The van der Waals surface area contributed by atoms with Crippen LogP contribution in [0.2, 0.25) is 0 Å².